The van der Waals surface area contributed by atoms with E-state index in [9.17, 15) is 5.11 Å². The zero-order valence-corrected chi connectivity index (χ0v) is 10.9. The Morgan fingerprint density at radius 3 is 2.82 bits per heavy atom. The Morgan fingerprint density at radius 2 is 2.24 bits per heavy atom. The summed E-state index contributed by atoms with van der Waals surface area (Å²) in [7, 11) is 0. The third-order valence-electron chi connectivity index (χ3n) is 2.65. The average Bonchev–Trinajstić information content (AvgIpc) is 2.15. The lowest BCUT2D eigenvalue weighted by atomic mass is 9.93. The number of rotatable bonds is 6. The van der Waals surface area contributed by atoms with Crippen LogP contribution in [0.5, 0.6) is 0 Å². The Hall–Kier alpha value is -1.13. The minimum atomic E-state index is -0.713. The summed E-state index contributed by atoms with van der Waals surface area (Å²) in [6.45, 7) is 6.85. The Balaban J connectivity index is 2.48. The minimum absolute atomic E-state index is 0.447. The zero-order valence-electron chi connectivity index (χ0n) is 10.9. The first-order chi connectivity index (χ1) is 7.89. The highest BCUT2D eigenvalue weighted by atomic mass is 16.3. The normalized spacial score (nSPS) is 14.9. The van der Waals surface area contributed by atoms with E-state index in [2.05, 4.69) is 24.1 Å². The van der Waals surface area contributed by atoms with Gasteiger partial charge in [0, 0.05) is 18.7 Å². The lowest BCUT2D eigenvalue weighted by molar-refractivity contribution is 0.0511. The van der Waals surface area contributed by atoms with Crippen molar-refractivity contribution in [3.8, 4) is 0 Å². The van der Waals surface area contributed by atoms with Gasteiger partial charge in [-0.05, 0) is 37.6 Å². The second-order valence-corrected chi connectivity index (χ2v) is 5.12. The number of nitrogens with two attached hydrogens (primary N) is 1. The smallest absolute Gasteiger partial charge is 0.123 e. The van der Waals surface area contributed by atoms with Gasteiger partial charge in [0.15, 0.2) is 0 Å². The van der Waals surface area contributed by atoms with E-state index in [0.717, 1.165) is 12.1 Å². The summed E-state index contributed by atoms with van der Waals surface area (Å²) in [5, 5.41) is 13.6. The Labute approximate surface area is 103 Å². The van der Waals surface area contributed by atoms with Crippen LogP contribution in [0.2, 0.25) is 0 Å². The fourth-order valence-corrected chi connectivity index (χ4v) is 1.76. The number of hydrogen-bond acceptors (Lipinski definition) is 4. The molecule has 0 aliphatic carbocycles. The molecule has 0 aliphatic rings. The highest BCUT2D eigenvalue weighted by molar-refractivity contribution is 5.32. The van der Waals surface area contributed by atoms with Crippen LogP contribution in [-0.2, 0) is 6.42 Å². The standard InChI is InChI=1S/C13H23N3O/c1-10(2)15-7-5-13(3,17)9-11-4-6-16-12(14)8-11/h4,6,8,10,15,17H,5,7,9H2,1-3H3,(H2,14,16). The summed E-state index contributed by atoms with van der Waals surface area (Å²) in [4.78, 5) is 3.94. The van der Waals surface area contributed by atoms with Gasteiger partial charge >= 0.3 is 0 Å². The van der Waals surface area contributed by atoms with Crippen LogP contribution in [0.4, 0.5) is 5.82 Å². The lowest BCUT2D eigenvalue weighted by Gasteiger charge is -2.24. The van der Waals surface area contributed by atoms with Gasteiger partial charge in [0.2, 0.25) is 0 Å². The maximum Gasteiger partial charge on any atom is 0.123 e. The fourth-order valence-electron chi connectivity index (χ4n) is 1.76. The molecule has 4 N–H and O–H groups in total. The third-order valence-corrected chi connectivity index (χ3v) is 2.65. The van der Waals surface area contributed by atoms with Crippen LogP contribution >= 0.6 is 0 Å². The predicted molar refractivity (Wildman–Crippen MR) is 70.7 cm³/mol. The summed E-state index contributed by atoms with van der Waals surface area (Å²) in [6.07, 6.45) is 2.99. The van der Waals surface area contributed by atoms with Gasteiger partial charge in [0.1, 0.15) is 5.82 Å². The Bertz CT molecular complexity index is 350. The maximum atomic E-state index is 10.3. The van der Waals surface area contributed by atoms with Crippen molar-refractivity contribution >= 4 is 5.82 Å². The van der Waals surface area contributed by atoms with Crippen LogP contribution in [0, 0.1) is 0 Å². The van der Waals surface area contributed by atoms with Gasteiger partial charge in [-0.2, -0.15) is 0 Å². The molecule has 0 saturated heterocycles. The monoisotopic (exact) mass is 237 g/mol. The number of anilines is 1. The maximum absolute atomic E-state index is 10.3. The molecule has 0 saturated carbocycles. The first-order valence-corrected chi connectivity index (χ1v) is 6.05. The van der Waals surface area contributed by atoms with Crippen LogP contribution < -0.4 is 11.1 Å². The summed E-state index contributed by atoms with van der Waals surface area (Å²) in [6, 6.07) is 4.15. The molecule has 0 amide bonds. The second-order valence-electron chi connectivity index (χ2n) is 5.12. The third kappa shape index (κ3) is 5.65. The van der Waals surface area contributed by atoms with Crippen molar-refractivity contribution in [3.63, 3.8) is 0 Å². The van der Waals surface area contributed by atoms with Gasteiger partial charge in [-0.25, -0.2) is 4.98 Å². The van der Waals surface area contributed by atoms with Crippen molar-refractivity contribution in [2.75, 3.05) is 12.3 Å². The molecule has 1 aromatic heterocycles. The topological polar surface area (TPSA) is 71.2 Å². The molecule has 96 valence electrons. The van der Waals surface area contributed by atoms with E-state index in [-0.39, 0.29) is 0 Å². The quantitative estimate of drug-likeness (QED) is 0.698. The molecule has 0 radical (unpaired) electrons. The molecule has 0 fully saturated rings. The molecule has 4 heteroatoms. The van der Waals surface area contributed by atoms with Crippen LogP contribution in [0.25, 0.3) is 0 Å². The highest BCUT2D eigenvalue weighted by Crippen LogP contribution is 2.17. The number of aromatic nitrogens is 1. The van der Waals surface area contributed by atoms with E-state index < -0.39 is 5.60 Å². The van der Waals surface area contributed by atoms with Crippen LogP contribution in [-0.4, -0.2) is 28.3 Å². The summed E-state index contributed by atoms with van der Waals surface area (Å²) in [5.74, 6) is 0.499. The number of pyridine rings is 1. The van der Waals surface area contributed by atoms with E-state index in [1.807, 2.05) is 19.1 Å². The largest absolute Gasteiger partial charge is 0.390 e. The van der Waals surface area contributed by atoms with Gasteiger partial charge < -0.3 is 16.2 Å². The SMILES string of the molecule is CC(C)NCCC(C)(O)Cc1ccnc(N)c1. The number of nitrogens with one attached hydrogen (secondary N) is 1. The van der Waals surface area contributed by atoms with Crippen molar-refractivity contribution in [1.82, 2.24) is 10.3 Å². The zero-order chi connectivity index (χ0) is 12.9. The molecule has 1 heterocycles. The molecule has 1 unspecified atom stereocenters. The summed E-state index contributed by atoms with van der Waals surface area (Å²) >= 11 is 0. The Morgan fingerprint density at radius 1 is 1.53 bits per heavy atom. The number of aliphatic hydroxyl groups is 1. The Kier molecular flexibility index (Phi) is 4.90. The first kappa shape index (κ1) is 13.9. The number of hydrogen-bond donors (Lipinski definition) is 3. The first-order valence-electron chi connectivity index (χ1n) is 6.05. The van der Waals surface area contributed by atoms with E-state index in [0.29, 0.717) is 24.7 Å². The van der Waals surface area contributed by atoms with Crippen molar-refractivity contribution in [2.45, 2.75) is 45.3 Å². The van der Waals surface area contributed by atoms with E-state index in [1.165, 1.54) is 0 Å². The summed E-state index contributed by atoms with van der Waals surface area (Å²) < 4.78 is 0. The van der Waals surface area contributed by atoms with Crippen LogP contribution in [0.3, 0.4) is 0 Å². The van der Waals surface area contributed by atoms with Crippen LogP contribution in [0.1, 0.15) is 32.8 Å². The van der Waals surface area contributed by atoms with Gasteiger partial charge in [-0.1, -0.05) is 13.8 Å². The second kappa shape index (κ2) is 5.98. The molecule has 0 aliphatic heterocycles. The average molecular weight is 237 g/mol. The van der Waals surface area contributed by atoms with Gasteiger partial charge in [0.25, 0.3) is 0 Å². The van der Waals surface area contributed by atoms with E-state index in [1.54, 1.807) is 6.20 Å². The van der Waals surface area contributed by atoms with Crippen LogP contribution in [0.15, 0.2) is 18.3 Å². The van der Waals surface area contributed by atoms with Crippen molar-refractivity contribution < 1.29 is 5.11 Å². The van der Waals surface area contributed by atoms with Crippen molar-refractivity contribution in [1.29, 1.82) is 0 Å². The van der Waals surface area contributed by atoms with Gasteiger partial charge in [-0.3, -0.25) is 0 Å². The number of nitrogen functional groups attached to an aromatic ring is 1. The molecule has 1 atom stereocenters. The molecule has 1 aromatic rings. The summed E-state index contributed by atoms with van der Waals surface area (Å²) in [5.41, 5.74) is 5.92. The van der Waals surface area contributed by atoms with E-state index in [4.69, 9.17) is 5.73 Å². The molecule has 0 aromatic carbocycles. The molecule has 4 nitrogen and oxygen atoms in total. The van der Waals surface area contributed by atoms with E-state index >= 15 is 0 Å². The minimum Gasteiger partial charge on any atom is -0.390 e. The lowest BCUT2D eigenvalue weighted by Crippen LogP contribution is -2.34. The van der Waals surface area contributed by atoms with Crippen molar-refractivity contribution in [2.24, 2.45) is 0 Å². The highest BCUT2D eigenvalue weighted by Gasteiger charge is 2.20. The van der Waals surface area contributed by atoms with Crippen molar-refractivity contribution in [3.05, 3.63) is 23.9 Å². The molecular weight excluding hydrogens is 214 g/mol. The molecule has 17 heavy (non-hydrogen) atoms. The van der Waals surface area contributed by atoms with Gasteiger partial charge in [-0.15, -0.1) is 0 Å². The molecular formula is C13H23N3O. The molecule has 0 bridgehead atoms. The van der Waals surface area contributed by atoms with Gasteiger partial charge in [0.05, 0.1) is 5.60 Å². The number of nitrogens with zero attached hydrogens (tertiary/aromatic N) is 1. The molecule has 1 rings (SSSR count). The molecule has 0 spiro atoms. The predicted octanol–water partition coefficient (Wildman–Crippen LogP) is 1.35. The fraction of sp³-hybridized carbons (Fsp3) is 0.615.